The number of rotatable bonds is 4. The molecular weight excluding hydrogens is 250 g/mol. The molecular formula is C16H25N3O. The van der Waals surface area contributed by atoms with E-state index < -0.39 is 0 Å². The molecule has 4 nitrogen and oxygen atoms in total. The third-order valence-electron chi connectivity index (χ3n) is 4.04. The molecule has 0 bridgehead atoms. The van der Waals surface area contributed by atoms with E-state index in [1.165, 1.54) is 18.4 Å². The van der Waals surface area contributed by atoms with E-state index in [2.05, 4.69) is 35.5 Å². The Morgan fingerprint density at radius 3 is 2.65 bits per heavy atom. The van der Waals surface area contributed by atoms with Crippen LogP contribution < -0.4 is 5.32 Å². The third kappa shape index (κ3) is 3.97. The Hall–Kier alpha value is -1.55. The molecule has 1 saturated heterocycles. The van der Waals surface area contributed by atoms with E-state index in [0.717, 1.165) is 18.8 Å². The maximum Gasteiger partial charge on any atom is 0.219 e. The maximum atomic E-state index is 11.4. The summed E-state index contributed by atoms with van der Waals surface area (Å²) < 4.78 is 0. The molecule has 1 N–H and O–H groups in total. The number of benzene rings is 1. The largest absolute Gasteiger partial charge is 0.382 e. The topological polar surface area (TPSA) is 35.6 Å². The highest BCUT2D eigenvalue weighted by Crippen LogP contribution is 2.21. The van der Waals surface area contributed by atoms with Crippen LogP contribution in [-0.4, -0.2) is 48.9 Å². The standard InChI is InChI=1S/C16H25N3O/c1-13(20)19(3)12-14-6-4-5-7-16(14)17-15-8-10-18(2)11-9-15/h4-7,15,17H,8-12H2,1-3H3. The van der Waals surface area contributed by atoms with Gasteiger partial charge in [0.2, 0.25) is 5.91 Å². The first kappa shape index (κ1) is 14.9. The molecule has 1 aliphatic rings. The van der Waals surface area contributed by atoms with Crippen molar-refractivity contribution in [3.8, 4) is 0 Å². The van der Waals surface area contributed by atoms with Crippen LogP contribution in [0, 0.1) is 0 Å². The third-order valence-corrected chi connectivity index (χ3v) is 4.04. The first-order valence-electron chi connectivity index (χ1n) is 7.31. The summed E-state index contributed by atoms with van der Waals surface area (Å²) in [6.07, 6.45) is 2.35. The number of nitrogens with one attached hydrogen (secondary N) is 1. The quantitative estimate of drug-likeness (QED) is 0.915. The fraction of sp³-hybridized carbons (Fsp3) is 0.562. The van der Waals surface area contributed by atoms with Crippen molar-refractivity contribution < 1.29 is 4.79 Å². The molecule has 20 heavy (non-hydrogen) atoms. The Morgan fingerprint density at radius 2 is 2.00 bits per heavy atom. The van der Waals surface area contributed by atoms with Gasteiger partial charge < -0.3 is 15.1 Å². The van der Waals surface area contributed by atoms with E-state index in [9.17, 15) is 4.79 Å². The number of hydrogen-bond donors (Lipinski definition) is 1. The summed E-state index contributed by atoms with van der Waals surface area (Å²) in [5.41, 5.74) is 2.35. The van der Waals surface area contributed by atoms with Gasteiger partial charge in [0, 0.05) is 32.2 Å². The zero-order chi connectivity index (χ0) is 14.5. The smallest absolute Gasteiger partial charge is 0.219 e. The Bertz CT molecular complexity index is 453. The molecule has 1 aromatic carbocycles. The van der Waals surface area contributed by atoms with Gasteiger partial charge in [-0.3, -0.25) is 4.79 Å². The minimum atomic E-state index is 0.0964. The number of anilines is 1. The first-order valence-corrected chi connectivity index (χ1v) is 7.31. The van der Waals surface area contributed by atoms with Crippen molar-refractivity contribution in [3.05, 3.63) is 29.8 Å². The van der Waals surface area contributed by atoms with Gasteiger partial charge in [-0.05, 0) is 44.6 Å². The predicted octanol–water partition coefficient (Wildman–Crippen LogP) is 2.17. The molecule has 0 radical (unpaired) electrons. The molecule has 0 aliphatic carbocycles. The summed E-state index contributed by atoms with van der Waals surface area (Å²) in [5, 5.41) is 3.65. The molecule has 4 heteroatoms. The Balaban J connectivity index is 2.02. The number of hydrogen-bond acceptors (Lipinski definition) is 3. The number of amides is 1. The van der Waals surface area contributed by atoms with Gasteiger partial charge >= 0.3 is 0 Å². The lowest BCUT2D eigenvalue weighted by Crippen LogP contribution is -2.37. The molecule has 1 heterocycles. The summed E-state index contributed by atoms with van der Waals surface area (Å²) in [5.74, 6) is 0.0964. The lowest BCUT2D eigenvalue weighted by molar-refractivity contribution is -0.128. The number of para-hydroxylation sites is 1. The summed E-state index contributed by atoms with van der Waals surface area (Å²) in [4.78, 5) is 15.5. The second-order valence-electron chi connectivity index (χ2n) is 5.75. The monoisotopic (exact) mass is 275 g/mol. The van der Waals surface area contributed by atoms with Gasteiger partial charge in [0.05, 0.1) is 0 Å². The first-order chi connectivity index (χ1) is 9.56. The summed E-state index contributed by atoms with van der Waals surface area (Å²) >= 11 is 0. The van der Waals surface area contributed by atoms with Crippen LogP contribution in [0.2, 0.25) is 0 Å². The number of piperidine rings is 1. The van der Waals surface area contributed by atoms with Crippen molar-refractivity contribution in [2.75, 3.05) is 32.5 Å². The minimum absolute atomic E-state index is 0.0964. The highest BCUT2D eigenvalue weighted by atomic mass is 16.2. The Labute approximate surface area is 121 Å². The Kier molecular flexibility index (Phi) is 5.01. The normalized spacial score (nSPS) is 16.9. The van der Waals surface area contributed by atoms with Crippen molar-refractivity contribution in [1.82, 2.24) is 9.80 Å². The molecule has 1 amide bonds. The van der Waals surface area contributed by atoms with Crippen LogP contribution in [-0.2, 0) is 11.3 Å². The zero-order valence-electron chi connectivity index (χ0n) is 12.7. The molecule has 110 valence electrons. The highest BCUT2D eigenvalue weighted by Gasteiger charge is 2.17. The molecule has 0 unspecified atom stereocenters. The molecule has 2 rings (SSSR count). The van der Waals surface area contributed by atoms with Crippen LogP contribution in [0.1, 0.15) is 25.3 Å². The summed E-state index contributed by atoms with van der Waals surface area (Å²) in [6, 6.07) is 8.82. The molecule has 0 atom stereocenters. The number of likely N-dealkylation sites (tertiary alicyclic amines) is 1. The van der Waals surface area contributed by atoms with Crippen molar-refractivity contribution in [2.24, 2.45) is 0 Å². The SMILES string of the molecule is CC(=O)N(C)Cc1ccccc1NC1CCN(C)CC1. The molecule has 0 saturated carbocycles. The second-order valence-corrected chi connectivity index (χ2v) is 5.75. The lowest BCUT2D eigenvalue weighted by atomic mass is 10.0. The predicted molar refractivity (Wildman–Crippen MR) is 82.7 cm³/mol. The number of carbonyl (C=O) groups excluding carboxylic acids is 1. The van der Waals surface area contributed by atoms with Crippen molar-refractivity contribution in [3.63, 3.8) is 0 Å². The fourth-order valence-corrected chi connectivity index (χ4v) is 2.54. The molecule has 0 spiro atoms. The van der Waals surface area contributed by atoms with Crippen LogP contribution in [0.3, 0.4) is 0 Å². The van der Waals surface area contributed by atoms with Crippen molar-refractivity contribution >= 4 is 11.6 Å². The highest BCUT2D eigenvalue weighted by molar-refractivity contribution is 5.73. The van der Waals surface area contributed by atoms with Crippen molar-refractivity contribution in [1.29, 1.82) is 0 Å². The average molecular weight is 275 g/mol. The van der Waals surface area contributed by atoms with Crippen LogP contribution in [0.25, 0.3) is 0 Å². The number of nitrogens with zero attached hydrogens (tertiary/aromatic N) is 2. The minimum Gasteiger partial charge on any atom is -0.382 e. The average Bonchev–Trinajstić information content (AvgIpc) is 2.43. The molecule has 1 fully saturated rings. The van der Waals surface area contributed by atoms with Gasteiger partial charge in [0.15, 0.2) is 0 Å². The number of carbonyl (C=O) groups is 1. The van der Waals surface area contributed by atoms with Crippen LogP contribution >= 0.6 is 0 Å². The van der Waals surface area contributed by atoms with Gasteiger partial charge in [-0.2, -0.15) is 0 Å². The van der Waals surface area contributed by atoms with Crippen LogP contribution in [0.15, 0.2) is 24.3 Å². The van der Waals surface area contributed by atoms with E-state index in [4.69, 9.17) is 0 Å². The molecule has 0 aromatic heterocycles. The van der Waals surface area contributed by atoms with Gasteiger partial charge in [-0.1, -0.05) is 18.2 Å². The molecule has 1 aliphatic heterocycles. The fourth-order valence-electron chi connectivity index (χ4n) is 2.54. The summed E-state index contributed by atoms with van der Waals surface area (Å²) in [6.45, 7) is 4.55. The van der Waals surface area contributed by atoms with E-state index in [0.29, 0.717) is 12.6 Å². The van der Waals surface area contributed by atoms with Crippen LogP contribution in [0.4, 0.5) is 5.69 Å². The van der Waals surface area contributed by atoms with E-state index in [-0.39, 0.29) is 5.91 Å². The van der Waals surface area contributed by atoms with Gasteiger partial charge in [-0.25, -0.2) is 0 Å². The van der Waals surface area contributed by atoms with Gasteiger partial charge in [0.1, 0.15) is 0 Å². The van der Waals surface area contributed by atoms with Gasteiger partial charge in [0.25, 0.3) is 0 Å². The van der Waals surface area contributed by atoms with Crippen LogP contribution in [0.5, 0.6) is 0 Å². The van der Waals surface area contributed by atoms with E-state index in [1.807, 2.05) is 13.1 Å². The molecule has 1 aromatic rings. The van der Waals surface area contributed by atoms with Crippen molar-refractivity contribution in [2.45, 2.75) is 32.4 Å². The van der Waals surface area contributed by atoms with E-state index >= 15 is 0 Å². The zero-order valence-corrected chi connectivity index (χ0v) is 12.7. The van der Waals surface area contributed by atoms with E-state index in [1.54, 1.807) is 11.8 Å². The second kappa shape index (κ2) is 6.75. The maximum absolute atomic E-state index is 11.4. The summed E-state index contributed by atoms with van der Waals surface area (Å²) in [7, 11) is 4.01. The Morgan fingerprint density at radius 1 is 1.35 bits per heavy atom. The van der Waals surface area contributed by atoms with Gasteiger partial charge in [-0.15, -0.1) is 0 Å². The lowest BCUT2D eigenvalue weighted by Gasteiger charge is -2.31.